The smallest absolute Gasteiger partial charge is 0.227 e. The van der Waals surface area contributed by atoms with E-state index in [0.29, 0.717) is 12.4 Å². The number of carbonyl (C=O) groups is 1. The maximum Gasteiger partial charge on any atom is 0.227 e. The molecule has 2 aromatic rings. The van der Waals surface area contributed by atoms with Gasteiger partial charge in [0.25, 0.3) is 0 Å². The van der Waals surface area contributed by atoms with Gasteiger partial charge in [0, 0.05) is 12.1 Å². The van der Waals surface area contributed by atoms with Crippen LogP contribution < -0.4 is 10.1 Å². The Kier molecular flexibility index (Phi) is 4.50. The van der Waals surface area contributed by atoms with E-state index in [1.54, 1.807) is 18.9 Å². The quantitative estimate of drug-likeness (QED) is 0.806. The lowest BCUT2D eigenvalue weighted by Gasteiger charge is -2.40. The van der Waals surface area contributed by atoms with Crippen LogP contribution in [0.5, 0.6) is 5.75 Å². The number of thioether (sulfide) groups is 1. The van der Waals surface area contributed by atoms with Crippen LogP contribution in [0, 0.1) is 11.3 Å². The molecule has 2 heterocycles. The molecule has 2 aliphatic rings. The monoisotopic (exact) mass is 384 g/mol. The number of hydrogen-bond donors (Lipinski definition) is 1. The third-order valence-corrected chi connectivity index (χ3v) is 5.73. The number of methoxy groups -OCH3 is 1. The van der Waals surface area contributed by atoms with E-state index < -0.39 is 0 Å². The van der Waals surface area contributed by atoms with Gasteiger partial charge in [-0.05, 0) is 28.9 Å². The molecule has 0 spiro atoms. The van der Waals surface area contributed by atoms with Gasteiger partial charge < -0.3 is 10.1 Å². The van der Waals surface area contributed by atoms with E-state index in [4.69, 9.17) is 9.84 Å². The van der Waals surface area contributed by atoms with Crippen molar-refractivity contribution in [2.75, 3.05) is 18.2 Å². The fourth-order valence-corrected chi connectivity index (χ4v) is 4.51. The molecule has 1 N–H and O–H groups in total. The van der Waals surface area contributed by atoms with Crippen molar-refractivity contribution < 1.29 is 9.53 Å². The SMILES string of the molecule is CCSc1nc2n(n1)[C@@H](c1cccc(OC)c1)[C@@H]1C(=O)CC(C)(C)C=C1N2. The third kappa shape index (κ3) is 3.25. The zero-order chi connectivity index (χ0) is 19.2. The van der Waals surface area contributed by atoms with E-state index in [9.17, 15) is 4.79 Å². The second-order valence-electron chi connectivity index (χ2n) is 7.65. The highest BCUT2D eigenvalue weighted by Crippen LogP contribution is 2.45. The average Bonchev–Trinajstić information content (AvgIpc) is 3.01. The largest absolute Gasteiger partial charge is 0.497 e. The maximum absolute atomic E-state index is 13.1. The maximum atomic E-state index is 13.1. The van der Waals surface area contributed by atoms with E-state index >= 15 is 0 Å². The van der Waals surface area contributed by atoms with Gasteiger partial charge in [0.1, 0.15) is 11.5 Å². The number of Topliss-reactive ketones (excluding diaryl/α,β-unsaturated/α-hetero) is 1. The van der Waals surface area contributed by atoms with Crippen LogP contribution in [-0.4, -0.2) is 33.4 Å². The number of nitrogens with one attached hydrogen (secondary N) is 1. The number of fused-ring (bicyclic) bond motifs is 2. The molecule has 1 aromatic heterocycles. The average molecular weight is 385 g/mol. The van der Waals surface area contributed by atoms with Gasteiger partial charge in [-0.3, -0.25) is 4.79 Å². The standard InChI is InChI=1S/C20H24N4O2S/c1-5-27-19-22-18-21-14-10-20(2,3)11-15(25)16(14)17(24(18)23-19)12-7-6-8-13(9-12)26-4/h6-10,16-17H,5,11H2,1-4H3,(H,21,22,23)/t16-,17-/m0/s1. The van der Waals surface area contributed by atoms with Crippen molar-refractivity contribution in [1.82, 2.24) is 14.8 Å². The molecule has 1 aromatic carbocycles. The molecule has 0 radical (unpaired) electrons. The summed E-state index contributed by atoms with van der Waals surface area (Å²) in [6, 6.07) is 7.65. The number of aromatic nitrogens is 3. The minimum atomic E-state index is -0.293. The summed E-state index contributed by atoms with van der Waals surface area (Å²) in [5.74, 6) is 2.28. The third-order valence-electron chi connectivity index (χ3n) is 5.01. The minimum absolute atomic E-state index is 0.169. The highest BCUT2D eigenvalue weighted by Gasteiger charge is 2.45. The van der Waals surface area contributed by atoms with Crippen LogP contribution >= 0.6 is 11.8 Å². The molecule has 4 rings (SSSR count). The molecule has 0 saturated carbocycles. The highest BCUT2D eigenvalue weighted by atomic mass is 32.2. The van der Waals surface area contributed by atoms with E-state index in [-0.39, 0.29) is 23.2 Å². The van der Waals surface area contributed by atoms with Crippen molar-refractivity contribution in [3.63, 3.8) is 0 Å². The first kappa shape index (κ1) is 18.1. The van der Waals surface area contributed by atoms with Crippen LogP contribution in [-0.2, 0) is 4.79 Å². The van der Waals surface area contributed by atoms with E-state index in [2.05, 4.69) is 37.1 Å². The Morgan fingerprint density at radius 1 is 1.41 bits per heavy atom. The summed E-state index contributed by atoms with van der Waals surface area (Å²) in [5.41, 5.74) is 1.76. The van der Waals surface area contributed by atoms with Gasteiger partial charge in [0.2, 0.25) is 11.1 Å². The highest BCUT2D eigenvalue weighted by molar-refractivity contribution is 7.99. The van der Waals surface area contributed by atoms with E-state index in [0.717, 1.165) is 27.9 Å². The van der Waals surface area contributed by atoms with Gasteiger partial charge in [-0.15, -0.1) is 5.10 Å². The Hall–Kier alpha value is -2.28. The number of rotatable bonds is 4. The number of ether oxygens (including phenoxy) is 1. The summed E-state index contributed by atoms with van der Waals surface area (Å²) in [7, 11) is 1.65. The summed E-state index contributed by atoms with van der Waals surface area (Å²) in [4.78, 5) is 17.8. The number of carbonyl (C=O) groups excluding carboxylic acids is 1. The summed E-state index contributed by atoms with van der Waals surface area (Å²) in [6.45, 7) is 6.26. The molecule has 0 fully saturated rings. The van der Waals surface area contributed by atoms with Gasteiger partial charge >= 0.3 is 0 Å². The van der Waals surface area contributed by atoms with Crippen LogP contribution in [0.1, 0.15) is 38.8 Å². The number of ketones is 1. The van der Waals surface area contributed by atoms with Gasteiger partial charge in [0.15, 0.2) is 0 Å². The van der Waals surface area contributed by atoms with Crippen molar-refractivity contribution in [3.05, 3.63) is 41.6 Å². The molecule has 0 saturated heterocycles. The fourth-order valence-electron chi connectivity index (χ4n) is 3.96. The molecule has 27 heavy (non-hydrogen) atoms. The zero-order valence-corrected chi connectivity index (χ0v) is 16.8. The molecule has 6 nitrogen and oxygen atoms in total. The van der Waals surface area contributed by atoms with Gasteiger partial charge in [-0.2, -0.15) is 4.98 Å². The van der Waals surface area contributed by atoms with Crippen molar-refractivity contribution in [1.29, 1.82) is 0 Å². The van der Waals surface area contributed by atoms with Crippen molar-refractivity contribution in [2.45, 2.75) is 38.4 Å². The summed E-state index contributed by atoms with van der Waals surface area (Å²) in [6.07, 6.45) is 2.70. The Morgan fingerprint density at radius 3 is 2.96 bits per heavy atom. The van der Waals surface area contributed by atoms with Gasteiger partial charge in [0.05, 0.1) is 19.1 Å². The van der Waals surface area contributed by atoms with Crippen LogP contribution in [0.4, 0.5) is 5.95 Å². The first-order valence-corrected chi connectivity index (χ1v) is 10.2. The fraction of sp³-hybridized carbons (Fsp3) is 0.450. The minimum Gasteiger partial charge on any atom is -0.497 e. The number of allylic oxidation sites excluding steroid dienone is 2. The topological polar surface area (TPSA) is 69.0 Å². The second kappa shape index (κ2) is 6.71. The molecule has 0 bridgehead atoms. The molecule has 1 aliphatic carbocycles. The van der Waals surface area contributed by atoms with Crippen LogP contribution in [0.25, 0.3) is 0 Å². The zero-order valence-electron chi connectivity index (χ0n) is 16.0. The van der Waals surface area contributed by atoms with Crippen LogP contribution in [0.2, 0.25) is 0 Å². The summed E-state index contributed by atoms with van der Waals surface area (Å²) in [5, 5.41) is 8.80. The molecule has 0 unspecified atom stereocenters. The van der Waals surface area contributed by atoms with Gasteiger partial charge in [-0.1, -0.05) is 50.7 Å². The number of nitrogens with zero attached hydrogens (tertiary/aromatic N) is 3. The molecule has 7 heteroatoms. The van der Waals surface area contributed by atoms with E-state index in [1.165, 1.54) is 0 Å². The first-order valence-electron chi connectivity index (χ1n) is 9.17. The number of benzene rings is 1. The molecule has 1 aliphatic heterocycles. The van der Waals surface area contributed by atoms with Crippen LogP contribution in [0.3, 0.4) is 0 Å². The number of anilines is 1. The van der Waals surface area contributed by atoms with Gasteiger partial charge in [-0.25, -0.2) is 4.68 Å². The number of hydrogen-bond acceptors (Lipinski definition) is 6. The molecular weight excluding hydrogens is 360 g/mol. The normalized spacial score (nSPS) is 23.1. The Bertz CT molecular complexity index is 918. The van der Waals surface area contributed by atoms with Crippen LogP contribution in [0.15, 0.2) is 41.2 Å². The van der Waals surface area contributed by atoms with Crippen molar-refractivity contribution in [3.8, 4) is 5.75 Å². The molecule has 0 amide bonds. The summed E-state index contributed by atoms with van der Waals surface area (Å²) < 4.78 is 7.27. The Morgan fingerprint density at radius 2 is 2.22 bits per heavy atom. The predicted molar refractivity (Wildman–Crippen MR) is 106 cm³/mol. The van der Waals surface area contributed by atoms with Crippen molar-refractivity contribution >= 4 is 23.5 Å². The lowest BCUT2D eigenvalue weighted by Crippen LogP contribution is -2.42. The molecule has 142 valence electrons. The first-order chi connectivity index (χ1) is 12.9. The molecule has 2 atom stereocenters. The van der Waals surface area contributed by atoms with E-state index in [1.807, 2.05) is 28.9 Å². The predicted octanol–water partition coefficient (Wildman–Crippen LogP) is 3.91. The lowest BCUT2D eigenvalue weighted by molar-refractivity contribution is -0.125. The Balaban J connectivity index is 1.89. The molecular formula is C20H24N4O2S. The second-order valence-corrected chi connectivity index (χ2v) is 8.88. The summed E-state index contributed by atoms with van der Waals surface area (Å²) >= 11 is 1.60. The lowest BCUT2D eigenvalue weighted by atomic mass is 9.72. The Labute approximate surface area is 163 Å². The van der Waals surface area contributed by atoms with Crippen molar-refractivity contribution in [2.24, 2.45) is 11.3 Å².